The van der Waals surface area contributed by atoms with Gasteiger partial charge in [-0.25, -0.2) is 4.98 Å². The molecule has 78 valence electrons. The lowest BCUT2D eigenvalue weighted by atomic mass is 10.1. The van der Waals surface area contributed by atoms with E-state index in [1.807, 2.05) is 6.20 Å². The molecule has 3 nitrogen and oxygen atoms in total. The highest BCUT2D eigenvalue weighted by molar-refractivity contribution is 5.10. The molecule has 1 aromatic heterocycles. The number of imidazole rings is 1. The molecule has 1 fully saturated rings. The van der Waals surface area contributed by atoms with E-state index in [0.717, 1.165) is 25.3 Å². The first-order valence-electron chi connectivity index (χ1n) is 5.50. The second-order valence-electron chi connectivity index (χ2n) is 4.57. The van der Waals surface area contributed by atoms with E-state index < -0.39 is 0 Å². The molecule has 1 aromatic rings. The van der Waals surface area contributed by atoms with Gasteiger partial charge in [0.05, 0.1) is 0 Å². The Morgan fingerprint density at radius 2 is 2.43 bits per heavy atom. The summed E-state index contributed by atoms with van der Waals surface area (Å²) < 4.78 is 0. The Balaban J connectivity index is 2.01. The number of aromatic nitrogens is 2. The topological polar surface area (TPSA) is 40.7 Å². The molecule has 1 aliphatic rings. The Bertz CT molecular complexity index is 284. The summed E-state index contributed by atoms with van der Waals surface area (Å²) >= 11 is 0. The quantitative estimate of drug-likeness (QED) is 0.767. The standard InChI is InChI=1S/C11H19N3/c1-8(2)5-11-13-7-10(14-11)9-3-4-12-6-9/h7-9,12H,3-6H2,1-2H3,(H,13,14). The number of nitrogens with zero attached hydrogens (tertiary/aromatic N) is 1. The summed E-state index contributed by atoms with van der Waals surface area (Å²) in [5.41, 5.74) is 1.31. The van der Waals surface area contributed by atoms with Crippen LogP contribution in [-0.2, 0) is 6.42 Å². The fourth-order valence-electron chi connectivity index (χ4n) is 2.00. The minimum absolute atomic E-state index is 0.656. The maximum atomic E-state index is 4.42. The van der Waals surface area contributed by atoms with Crippen LogP contribution in [0.25, 0.3) is 0 Å². The monoisotopic (exact) mass is 193 g/mol. The van der Waals surface area contributed by atoms with Gasteiger partial charge in [0.1, 0.15) is 5.82 Å². The van der Waals surface area contributed by atoms with Gasteiger partial charge < -0.3 is 10.3 Å². The molecular weight excluding hydrogens is 174 g/mol. The molecule has 0 aromatic carbocycles. The van der Waals surface area contributed by atoms with Crippen LogP contribution in [0.15, 0.2) is 6.20 Å². The smallest absolute Gasteiger partial charge is 0.106 e. The largest absolute Gasteiger partial charge is 0.346 e. The Labute approximate surface area is 85.3 Å². The number of H-pyrrole nitrogens is 1. The highest BCUT2D eigenvalue weighted by atomic mass is 15.0. The van der Waals surface area contributed by atoms with Crippen LogP contribution in [0.1, 0.15) is 37.7 Å². The molecule has 0 amide bonds. The first-order valence-corrected chi connectivity index (χ1v) is 5.50. The molecule has 2 heterocycles. The van der Waals surface area contributed by atoms with Crippen LogP contribution in [0.3, 0.4) is 0 Å². The maximum absolute atomic E-state index is 4.42. The number of nitrogens with one attached hydrogen (secondary N) is 2. The van der Waals surface area contributed by atoms with E-state index in [0.29, 0.717) is 11.8 Å². The van der Waals surface area contributed by atoms with Gasteiger partial charge in [0.2, 0.25) is 0 Å². The van der Waals surface area contributed by atoms with Crippen molar-refractivity contribution in [2.45, 2.75) is 32.6 Å². The van der Waals surface area contributed by atoms with Crippen molar-refractivity contribution in [2.24, 2.45) is 5.92 Å². The zero-order chi connectivity index (χ0) is 9.97. The van der Waals surface area contributed by atoms with Gasteiger partial charge >= 0.3 is 0 Å². The number of aromatic amines is 1. The predicted octanol–water partition coefficient (Wildman–Crippen LogP) is 1.69. The van der Waals surface area contributed by atoms with Crippen molar-refractivity contribution in [3.8, 4) is 0 Å². The van der Waals surface area contributed by atoms with Crippen LogP contribution in [0.2, 0.25) is 0 Å². The summed E-state index contributed by atoms with van der Waals surface area (Å²) in [6.07, 6.45) is 4.30. The van der Waals surface area contributed by atoms with E-state index in [1.54, 1.807) is 0 Å². The Kier molecular flexibility index (Phi) is 2.87. The Morgan fingerprint density at radius 3 is 3.07 bits per heavy atom. The van der Waals surface area contributed by atoms with Gasteiger partial charge in [0, 0.05) is 30.8 Å². The van der Waals surface area contributed by atoms with Crippen LogP contribution < -0.4 is 5.32 Å². The third-order valence-corrected chi connectivity index (χ3v) is 2.75. The number of hydrogen-bond donors (Lipinski definition) is 2. The summed E-state index contributed by atoms with van der Waals surface area (Å²) in [5.74, 6) is 2.47. The van der Waals surface area contributed by atoms with Gasteiger partial charge in [0.15, 0.2) is 0 Å². The molecule has 1 unspecified atom stereocenters. The molecule has 1 aliphatic heterocycles. The lowest BCUT2D eigenvalue weighted by molar-refractivity contribution is 0.622. The van der Waals surface area contributed by atoms with Gasteiger partial charge in [-0.15, -0.1) is 0 Å². The van der Waals surface area contributed by atoms with E-state index in [9.17, 15) is 0 Å². The van der Waals surface area contributed by atoms with Crippen molar-refractivity contribution in [3.05, 3.63) is 17.7 Å². The van der Waals surface area contributed by atoms with Crippen molar-refractivity contribution < 1.29 is 0 Å². The highest BCUT2D eigenvalue weighted by Crippen LogP contribution is 2.20. The molecule has 0 aliphatic carbocycles. The van der Waals surface area contributed by atoms with E-state index in [-0.39, 0.29) is 0 Å². The molecule has 0 spiro atoms. The van der Waals surface area contributed by atoms with Crippen LogP contribution in [0.5, 0.6) is 0 Å². The zero-order valence-electron chi connectivity index (χ0n) is 9.01. The van der Waals surface area contributed by atoms with Crippen LogP contribution in [-0.4, -0.2) is 23.1 Å². The fourth-order valence-corrected chi connectivity index (χ4v) is 2.00. The SMILES string of the molecule is CC(C)Cc1ncc(C2CCNC2)[nH]1. The van der Waals surface area contributed by atoms with Gasteiger partial charge in [-0.2, -0.15) is 0 Å². The van der Waals surface area contributed by atoms with Gasteiger partial charge in [-0.3, -0.25) is 0 Å². The fraction of sp³-hybridized carbons (Fsp3) is 0.727. The lowest BCUT2D eigenvalue weighted by Gasteiger charge is -2.04. The molecule has 1 saturated heterocycles. The third-order valence-electron chi connectivity index (χ3n) is 2.75. The van der Waals surface area contributed by atoms with Crippen molar-refractivity contribution >= 4 is 0 Å². The summed E-state index contributed by atoms with van der Waals surface area (Å²) in [4.78, 5) is 7.85. The van der Waals surface area contributed by atoms with E-state index >= 15 is 0 Å². The first kappa shape index (κ1) is 9.71. The summed E-state index contributed by atoms with van der Waals surface area (Å²) in [7, 11) is 0. The average molecular weight is 193 g/mol. The Morgan fingerprint density at radius 1 is 1.57 bits per heavy atom. The van der Waals surface area contributed by atoms with Crippen LogP contribution in [0.4, 0.5) is 0 Å². The normalized spacial score (nSPS) is 22.1. The van der Waals surface area contributed by atoms with Gasteiger partial charge in [-0.05, 0) is 18.9 Å². The van der Waals surface area contributed by atoms with Crippen molar-refractivity contribution in [1.29, 1.82) is 0 Å². The first-order chi connectivity index (χ1) is 6.75. The summed E-state index contributed by atoms with van der Waals surface area (Å²) in [5, 5.41) is 3.37. The van der Waals surface area contributed by atoms with Crippen LogP contribution >= 0.6 is 0 Å². The molecule has 3 heteroatoms. The number of hydrogen-bond acceptors (Lipinski definition) is 2. The molecule has 0 bridgehead atoms. The lowest BCUT2D eigenvalue weighted by Crippen LogP contribution is -2.08. The minimum Gasteiger partial charge on any atom is -0.346 e. The molecule has 2 N–H and O–H groups in total. The second kappa shape index (κ2) is 4.13. The molecule has 0 radical (unpaired) electrons. The van der Waals surface area contributed by atoms with Crippen molar-refractivity contribution in [2.75, 3.05) is 13.1 Å². The summed E-state index contributed by atoms with van der Waals surface area (Å²) in [6.45, 7) is 6.69. The third kappa shape index (κ3) is 2.15. The van der Waals surface area contributed by atoms with Gasteiger partial charge in [0.25, 0.3) is 0 Å². The molecular formula is C11H19N3. The van der Waals surface area contributed by atoms with Crippen molar-refractivity contribution in [1.82, 2.24) is 15.3 Å². The van der Waals surface area contributed by atoms with Gasteiger partial charge in [-0.1, -0.05) is 13.8 Å². The van der Waals surface area contributed by atoms with E-state index in [1.165, 1.54) is 12.1 Å². The Hall–Kier alpha value is -0.830. The molecule has 2 rings (SSSR count). The average Bonchev–Trinajstić information content (AvgIpc) is 2.69. The highest BCUT2D eigenvalue weighted by Gasteiger charge is 2.18. The molecule has 14 heavy (non-hydrogen) atoms. The second-order valence-corrected chi connectivity index (χ2v) is 4.57. The zero-order valence-corrected chi connectivity index (χ0v) is 9.01. The van der Waals surface area contributed by atoms with E-state index in [4.69, 9.17) is 0 Å². The van der Waals surface area contributed by atoms with E-state index in [2.05, 4.69) is 29.1 Å². The number of rotatable bonds is 3. The van der Waals surface area contributed by atoms with Crippen LogP contribution in [0, 0.1) is 5.92 Å². The predicted molar refractivity (Wildman–Crippen MR) is 57.4 cm³/mol. The maximum Gasteiger partial charge on any atom is 0.106 e. The molecule has 1 atom stereocenters. The molecule has 0 saturated carbocycles. The van der Waals surface area contributed by atoms with Crippen molar-refractivity contribution in [3.63, 3.8) is 0 Å². The minimum atomic E-state index is 0.656. The summed E-state index contributed by atoms with van der Waals surface area (Å²) in [6, 6.07) is 0.